The van der Waals surface area contributed by atoms with Crippen LogP contribution in [-0.4, -0.2) is 39.3 Å². The summed E-state index contributed by atoms with van der Waals surface area (Å²) in [6.07, 6.45) is 2.02. The van der Waals surface area contributed by atoms with Crippen LogP contribution in [0.2, 0.25) is 0 Å². The number of nitrogens with one attached hydrogen (secondary N) is 3. The number of rotatable bonds is 8. The predicted octanol–water partition coefficient (Wildman–Crippen LogP) is 5.11. The maximum atomic E-state index is 13.0. The second-order valence-corrected chi connectivity index (χ2v) is 9.17. The minimum absolute atomic E-state index is 0.0416. The molecule has 0 saturated heterocycles. The van der Waals surface area contributed by atoms with Crippen LogP contribution in [0.3, 0.4) is 0 Å². The highest BCUT2D eigenvalue weighted by molar-refractivity contribution is 7.71. The van der Waals surface area contributed by atoms with Crippen molar-refractivity contribution in [3.63, 3.8) is 0 Å². The number of nitrogens with zero attached hydrogens (tertiary/aromatic N) is 2. The van der Waals surface area contributed by atoms with Crippen molar-refractivity contribution < 1.29 is 9.53 Å². The molecule has 0 unspecified atom stereocenters. The Morgan fingerprint density at radius 3 is 2.76 bits per heavy atom. The van der Waals surface area contributed by atoms with Gasteiger partial charge in [0, 0.05) is 29.6 Å². The van der Waals surface area contributed by atoms with Crippen molar-refractivity contribution in [2.24, 2.45) is 0 Å². The molecular formula is C25H23N5O2S2. The zero-order valence-corrected chi connectivity index (χ0v) is 20.1. The van der Waals surface area contributed by atoms with Crippen molar-refractivity contribution in [1.82, 2.24) is 25.1 Å². The minimum Gasteiger partial charge on any atom is -0.497 e. The summed E-state index contributed by atoms with van der Waals surface area (Å²) in [5.41, 5.74) is 3.28. The van der Waals surface area contributed by atoms with Gasteiger partial charge in [0.2, 0.25) is 5.91 Å². The van der Waals surface area contributed by atoms with Crippen LogP contribution >= 0.6 is 23.6 Å². The average Bonchev–Trinajstić information content (AvgIpc) is 3.61. The molecule has 2 aromatic carbocycles. The topological polar surface area (TPSA) is 87.7 Å². The number of hydrogen-bond donors (Lipinski definition) is 3. The fraction of sp³-hybridized carbons (Fsp3) is 0.160. The molecular weight excluding hydrogens is 466 g/mol. The van der Waals surface area contributed by atoms with Gasteiger partial charge in [-0.05, 0) is 53.0 Å². The fourth-order valence-electron chi connectivity index (χ4n) is 4.10. The molecule has 0 bridgehead atoms. The number of benzene rings is 2. The number of methoxy groups -OCH3 is 1. The maximum absolute atomic E-state index is 13.0. The third-order valence-electron chi connectivity index (χ3n) is 5.82. The van der Waals surface area contributed by atoms with Gasteiger partial charge in [-0.25, -0.2) is 0 Å². The molecule has 1 amide bonds. The lowest BCUT2D eigenvalue weighted by molar-refractivity contribution is -0.121. The van der Waals surface area contributed by atoms with E-state index in [0.717, 1.165) is 32.7 Å². The van der Waals surface area contributed by atoms with E-state index in [1.54, 1.807) is 23.0 Å². The molecule has 0 aliphatic carbocycles. The van der Waals surface area contributed by atoms with E-state index in [4.69, 9.17) is 17.0 Å². The smallest absolute Gasteiger partial charge is 0.240 e. The van der Waals surface area contributed by atoms with Crippen LogP contribution in [0.25, 0.3) is 21.6 Å². The minimum atomic E-state index is -0.131. The molecule has 3 aromatic heterocycles. The lowest BCUT2D eigenvalue weighted by atomic mass is 9.91. The van der Waals surface area contributed by atoms with Crippen molar-refractivity contribution in [3.8, 4) is 16.5 Å². The van der Waals surface area contributed by atoms with E-state index in [0.29, 0.717) is 17.1 Å². The summed E-state index contributed by atoms with van der Waals surface area (Å²) in [6.45, 7) is 0.526. The molecule has 9 heteroatoms. The predicted molar refractivity (Wildman–Crippen MR) is 137 cm³/mol. The molecule has 0 spiro atoms. The first-order valence-electron chi connectivity index (χ1n) is 10.8. The van der Waals surface area contributed by atoms with Crippen LogP contribution in [0.15, 0.2) is 72.2 Å². The summed E-state index contributed by atoms with van der Waals surface area (Å²) in [5, 5.41) is 13.3. The number of aromatic amines is 2. The summed E-state index contributed by atoms with van der Waals surface area (Å²) in [5.74, 6) is 1.29. The highest BCUT2D eigenvalue weighted by atomic mass is 32.1. The molecule has 172 valence electrons. The Balaban J connectivity index is 1.40. The Morgan fingerprint density at radius 2 is 2.00 bits per heavy atom. The molecule has 0 fully saturated rings. The Labute approximate surface area is 205 Å². The Bertz CT molecular complexity index is 1470. The zero-order chi connectivity index (χ0) is 23.5. The van der Waals surface area contributed by atoms with Crippen LogP contribution in [0.5, 0.6) is 5.75 Å². The van der Waals surface area contributed by atoms with E-state index >= 15 is 0 Å². The number of amides is 1. The number of hydrogen-bond acceptors (Lipinski definition) is 5. The van der Waals surface area contributed by atoms with Crippen LogP contribution in [-0.2, 0) is 11.3 Å². The molecule has 7 nitrogen and oxygen atoms in total. The van der Waals surface area contributed by atoms with Gasteiger partial charge < -0.3 is 15.0 Å². The van der Waals surface area contributed by atoms with E-state index in [1.165, 1.54) is 0 Å². The summed E-state index contributed by atoms with van der Waals surface area (Å²) in [7, 11) is 1.65. The molecule has 3 heterocycles. The lowest BCUT2D eigenvalue weighted by Crippen LogP contribution is -2.32. The number of thiophene rings is 1. The van der Waals surface area contributed by atoms with Gasteiger partial charge >= 0.3 is 0 Å². The van der Waals surface area contributed by atoms with Crippen LogP contribution in [0.1, 0.15) is 17.0 Å². The van der Waals surface area contributed by atoms with Crippen molar-refractivity contribution >= 4 is 40.4 Å². The van der Waals surface area contributed by atoms with Crippen LogP contribution < -0.4 is 10.1 Å². The maximum Gasteiger partial charge on any atom is 0.240 e. The fourth-order valence-corrected chi connectivity index (χ4v) is 5.02. The van der Waals surface area contributed by atoms with Crippen molar-refractivity contribution in [1.29, 1.82) is 0 Å². The Kier molecular flexibility index (Phi) is 6.29. The SMILES string of the molecule is COc1ccc([C@H](CNC(=O)Cn2c(-c3cccs3)n[nH]c2=S)c2c[nH]c3ccccc23)cc1. The first-order valence-corrected chi connectivity index (χ1v) is 12.1. The standard InChI is InChI=1S/C25H23N5O2S2/c1-32-17-10-8-16(9-11-17)19(20-14-26-21-6-3-2-5-18(20)21)13-27-23(31)15-30-24(28-29-25(30)33)22-7-4-12-34-22/h2-12,14,19,26H,13,15H2,1H3,(H,27,31)(H,29,33)/t19-/m0/s1. The van der Waals surface area contributed by atoms with Gasteiger partial charge in [0.05, 0.1) is 12.0 Å². The second kappa shape index (κ2) is 9.66. The van der Waals surface area contributed by atoms with Crippen molar-refractivity contribution in [2.75, 3.05) is 13.7 Å². The van der Waals surface area contributed by atoms with E-state index in [1.807, 2.05) is 60.1 Å². The van der Waals surface area contributed by atoms with Gasteiger partial charge in [-0.2, -0.15) is 5.10 Å². The van der Waals surface area contributed by atoms with Crippen LogP contribution in [0.4, 0.5) is 0 Å². The van der Waals surface area contributed by atoms with Gasteiger partial charge in [-0.1, -0.05) is 36.4 Å². The normalized spacial score (nSPS) is 12.0. The highest BCUT2D eigenvalue weighted by Crippen LogP contribution is 2.31. The second-order valence-electron chi connectivity index (χ2n) is 7.84. The Morgan fingerprint density at radius 1 is 1.18 bits per heavy atom. The summed E-state index contributed by atoms with van der Waals surface area (Å²) in [6, 6.07) is 20.0. The van der Waals surface area contributed by atoms with Crippen molar-refractivity contribution in [2.45, 2.75) is 12.5 Å². The molecule has 3 N–H and O–H groups in total. The van der Waals surface area contributed by atoms with E-state index in [-0.39, 0.29) is 18.4 Å². The third kappa shape index (κ3) is 4.40. The zero-order valence-electron chi connectivity index (χ0n) is 18.4. The highest BCUT2D eigenvalue weighted by Gasteiger charge is 2.20. The molecule has 1 atom stereocenters. The lowest BCUT2D eigenvalue weighted by Gasteiger charge is -2.19. The summed E-state index contributed by atoms with van der Waals surface area (Å²) in [4.78, 5) is 17.3. The number of fused-ring (bicyclic) bond motifs is 1. The average molecular weight is 490 g/mol. The van der Waals surface area contributed by atoms with Crippen molar-refractivity contribution in [3.05, 3.63) is 88.1 Å². The van der Waals surface area contributed by atoms with Crippen LogP contribution in [0, 0.1) is 4.77 Å². The molecule has 0 radical (unpaired) electrons. The molecule has 5 rings (SSSR count). The van der Waals surface area contributed by atoms with Gasteiger partial charge in [-0.3, -0.25) is 14.5 Å². The molecule has 34 heavy (non-hydrogen) atoms. The van der Waals surface area contributed by atoms with Gasteiger partial charge in [0.1, 0.15) is 12.3 Å². The van der Waals surface area contributed by atoms with E-state index in [2.05, 4.69) is 32.6 Å². The van der Waals surface area contributed by atoms with Gasteiger partial charge in [-0.15, -0.1) is 11.3 Å². The quantitative estimate of drug-likeness (QED) is 0.264. The van der Waals surface area contributed by atoms with Gasteiger partial charge in [0.25, 0.3) is 0 Å². The number of carbonyl (C=O) groups excluding carboxylic acids is 1. The number of H-pyrrole nitrogens is 2. The van der Waals surface area contributed by atoms with E-state index < -0.39 is 0 Å². The number of aromatic nitrogens is 4. The third-order valence-corrected chi connectivity index (χ3v) is 7.00. The molecule has 0 saturated carbocycles. The molecule has 0 aliphatic heterocycles. The monoisotopic (exact) mass is 489 g/mol. The van der Waals surface area contributed by atoms with E-state index in [9.17, 15) is 4.79 Å². The molecule has 5 aromatic rings. The first kappa shape index (κ1) is 22.1. The Hall–Kier alpha value is -3.69. The first-order chi connectivity index (χ1) is 16.6. The largest absolute Gasteiger partial charge is 0.497 e. The number of ether oxygens (including phenoxy) is 1. The summed E-state index contributed by atoms with van der Waals surface area (Å²) < 4.78 is 7.47. The van der Waals surface area contributed by atoms with Gasteiger partial charge in [0.15, 0.2) is 10.6 Å². The summed E-state index contributed by atoms with van der Waals surface area (Å²) >= 11 is 6.93. The molecule has 0 aliphatic rings. The number of carbonyl (C=O) groups is 1. The number of para-hydroxylation sites is 1.